The van der Waals surface area contributed by atoms with E-state index in [1.54, 1.807) is 17.4 Å². The van der Waals surface area contributed by atoms with Crippen LogP contribution in [0.15, 0.2) is 24.3 Å². The van der Waals surface area contributed by atoms with Crippen LogP contribution < -0.4 is 10.1 Å². The molecule has 0 saturated carbocycles. The Morgan fingerprint density at radius 3 is 2.84 bits per heavy atom. The highest BCUT2D eigenvalue weighted by molar-refractivity contribution is 7.15. The third-order valence-corrected chi connectivity index (χ3v) is 5.85. The minimum absolute atomic E-state index is 0.164. The van der Waals surface area contributed by atoms with Crippen LogP contribution in [0.5, 0.6) is 5.75 Å². The van der Waals surface area contributed by atoms with Gasteiger partial charge in [-0.05, 0) is 49.7 Å². The molecule has 1 amide bonds. The molecule has 5 heteroatoms. The zero-order chi connectivity index (χ0) is 18.0. The van der Waals surface area contributed by atoms with Crippen molar-refractivity contribution < 1.29 is 9.53 Å². The summed E-state index contributed by atoms with van der Waals surface area (Å²) in [5, 5.41) is 3.65. The van der Waals surface area contributed by atoms with E-state index < -0.39 is 0 Å². The Balaban J connectivity index is 1.75. The minimum Gasteiger partial charge on any atom is -0.493 e. The Morgan fingerprint density at radius 2 is 2.12 bits per heavy atom. The summed E-state index contributed by atoms with van der Waals surface area (Å²) in [6.07, 6.45) is 3.22. The van der Waals surface area contributed by atoms with Gasteiger partial charge in [0.25, 0.3) is 5.91 Å². The number of carbonyl (C=O) groups excluding carboxylic acids is 1. The van der Waals surface area contributed by atoms with E-state index in [1.165, 1.54) is 11.3 Å². The number of rotatable bonds is 4. The summed E-state index contributed by atoms with van der Waals surface area (Å²) in [6.45, 7) is 9.35. The van der Waals surface area contributed by atoms with E-state index in [0.717, 1.165) is 18.5 Å². The molecule has 134 valence electrons. The minimum atomic E-state index is -0.164. The molecule has 0 bridgehead atoms. The van der Waals surface area contributed by atoms with E-state index in [0.29, 0.717) is 34.4 Å². The maximum atomic E-state index is 12.6. The molecule has 3 rings (SSSR count). The summed E-state index contributed by atoms with van der Waals surface area (Å²) in [5.74, 6) is 1.11. The molecule has 0 saturated heterocycles. The van der Waals surface area contributed by atoms with E-state index in [4.69, 9.17) is 4.74 Å². The monoisotopic (exact) mass is 358 g/mol. The van der Waals surface area contributed by atoms with Crippen molar-refractivity contribution in [3.05, 3.63) is 40.4 Å². The van der Waals surface area contributed by atoms with Gasteiger partial charge in [0.15, 0.2) is 5.13 Å². The third-order valence-electron chi connectivity index (χ3n) is 4.82. The van der Waals surface area contributed by atoms with Crippen LogP contribution >= 0.6 is 11.3 Å². The van der Waals surface area contributed by atoms with Crippen molar-refractivity contribution in [1.29, 1.82) is 0 Å². The molecule has 1 aliphatic rings. The number of carbonyl (C=O) groups is 1. The summed E-state index contributed by atoms with van der Waals surface area (Å²) in [7, 11) is 0. The molecule has 1 N–H and O–H groups in total. The van der Waals surface area contributed by atoms with Crippen LogP contribution in [0.25, 0.3) is 0 Å². The van der Waals surface area contributed by atoms with Crippen molar-refractivity contribution >= 4 is 22.4 Å². The van der Waals surface area contributed by atoms with Crippen LogP contribution in [0.1, 0.15) is 55.0 Å². The van der Waals surface area contributed by atoms with Crippen molar-refractivity contribution in [1.82, 2.24) is 4.98 Å². The van der Waals surface area contributed by atoms with Gasteiger partial charge in [-0.25, -0.2) is 4.98 Å². The van der Waals surface area contributed by atoms with Crippen molar-refractivity contribution in [2.75, 3.05) is 11.9 Å². The van der Waals surface area contributed by atoms with E-state index in [1.807, 2.05) is 25.1 Å². The zero-order valence-corrected chi connectivity index (χ0v) is 16.2. The van der Waals surface area contributed by atoms with Gasteiger partial charge in [0.1, 0.15) is 5.75 Å². The number of hydrogen-bond acceptors (Lipinski definition) is 4. The Kier molecular flexibility index (Phi) is 5.13. The fraction of sp³-hybridized carbons (Fsp3) is 0.500. The smallest absolute Gasteiger partial charge is 0.261 e. The van der Waals surface area contributed by atoms with Gasteiger partial charge in [0.2, 0.25) is 0 Å². The fourth-order valence-corrected chi connectivity index (χ4v) is 4.35. The normalized spacial score (nSPS) is 17.0. The molecule has 1 aromatic heterocycles. The van der Waals surface area contributed by atoms with Gasteiger partial charge < -0.3 is 4.74 Å². The number of amides is 1. The quantitative estimate of drug-likeness (QED) is 0.842. The van der Waals surface area contributed by atoms with E-state index in [-0.39, 0.29) is 5.91 Å². The Morgan fingerprint density at radius 1 is 1.36 bits per heavy atom. The molecule has 1 heterocycles. The molecular formula is C20H26N2O2S. The second-order valence-corrected chi connectivity index (χ2v) is 8.66. The second kappa shape index (κ2) is 7.16. The SMILES string of the molecule is CCOc1ccccc1C(=O)Nc1nc2c(s1)C[C@@H](C(C)(C)C)CC2. The topological polar surface area (TPSA) is 51.2 Å². The molecule has 1 aromatic carbocycles. The molecule has 0 radical (unpaired) electrons. The van der Waals surface area contributed by atoms with Crippen LogP contribution in [-0.4, -0.2) is 17.5 Å². The first kappa shape index (κ1) is 17.9. The van der Waals surface area contributed by atoms with Gasteiger partial charge in [-0.15, -0.1) is 11.3 Å². The number of nitrogens with one attached hydrogen (secondary N) is 1. The maximum absolute atomic E-state index is 12.6. The first-order chi connectivity index (χ1) is 11.9. The number of para-hydroxylation sites is 1. The highest BCUT2D eigenvalue weighted by Crippen LogP contribution is 2.40. The predicted molar refractivity (Wildman–Crippen MR) is 103 cm³/mol. The Hall–Kier alpha value is -1.88. The van der Waals surface area contributed by atoms with Gasteiger partial charge in [0.05, 0.1) is 17.9 Å². The van der Waals surface area contributed by atoms with Crippen LogP contribution in [0.3, 0.4) is 0 Å². The van der Waals surface area contributed by atoms with Crippen LogP contribution in [0.2, 0.25) is 0 Å². The lowest BCUT2D eigenvalue weighted by atomic mass is 9.73. The van der Waals surface area contributed by atoms with Crippen molar-refractivity contribution in [2.45, 2.75) is 47.0 Å². The largest absolute Gasteiger partial charge is 0.493 e. The van der Waals surface area contributed by atoms with Crippen LogP contribution in [-0.2, 0) is 12.8 Å². The molecule has 0 spiro atoms. The van der Waals surface area contributed by atoms with Crippen molar-refractivity contribution in [3.8, 4) is 5.75 Å². The zero-order valence-electron chi connectivity index (χ0n) is 15.4. The summed E-state index contributed by atoms with van der Waals surface area (Å²) in [5.41, 5.74) is 2.01. The van der Waals surface area contributed by atoms with Gasteiger partial charge in [-0.3, -0.25) is 10.1 Å². The number of benzene rings is 1. The fourth-order valence-electron chi connectivity index (χ4n) is 3.27. The average molecular weight is 359 g/mol. The first-order valence-corrected chi connectivity index (χ1v) is 9.72. The van der Waals surface area contributed by atoms with Crippen LogP contribution in [0.4, 0.5) is 5.13 Å². The summed E-state index contributed by atoms with van der Waals surface area (Å²) >= 11 is 1.61. The first-order valence-electron chi connectivity index (χ1n) is 8.90. The molecular weight excluding hydrogens is 332 g/mol. The highest BCUT2D eigenvalue weighted by Gasteiger charge is 2.31. The van der Waals surface area contributed by atoms with Gasteiger partial charge in [0, 0.05) is 4.88 Å². The molecule has 25 heavy (non-hydrogen) atoms. The molecule has 0 fully saturated rings. The summed E-state index contributed by atoms with van der Waals surface area (Å²) < 4.78 is 5.55. The van der Waals surface area contributed by atoms with Crippen LogP contribution in [0, 0.1) is 11.3 Å². The number of thiazole rings is 1. The lowest BCUT2D eigenvalue weighted by Gasteiger charge is -2.33. The molecule has 1 aliphatic carbocycles. The van der Waals surface area contributed by atoms with Gasteiger partial charge in [-0.1, -0.05) is 32.9 Å². The number of nitrogens with zero attached hydrogens (tertiary/aromatic N) is 1. The molecule has 0 aliphatic heterocycles. The lowest BCUT2D eigenvalue weighted by molar-refractivity contribution is 0.102. The number of aromatic nitrogens is 1. The van der Waals surface area contributed by atoms with Gasteiger partial charge >= 0.3 is 0 Å². The van der Waals surface area contributed by atoms with E-state index in [9.17, 15) is 4.79 Å². The van der Waals surface area contributed by atoms with E-state index in [2.05, 4.69) is 31.1 Å². The highest BCUT2D eigenvalue weighted by atomic mass is 32.1. The lowest BCUT2D eigenvalue weighted by Crippen LogP contribution is -2.26. The number of hydrogen-bond donors (Lipinski definition) is 1. The second-order valence-electron chi connectivity index (χ2n) is 7.58. The molecule has 2 aromatic rings. The number of ether oxygens (including phenoxy) is 1. The summed E-state index contributed by atoms with van der Waals surface area (Å²) in [4.78, 5) is 18.6. The average Bonchev–Trinajstić information content (AvgIpc) is 2.96. The van der Waals surface area contributed by atoms with Crippen molar-refractivity contribution in [2.24, 2.45) is 11.3 Å². The van der Waals surface area contributed by atoms with E-state index >= 15 is 0 Å². The molecule has 1 atom stereocenters. The number of fused-ring (bicyclic) bond motifs is 1. The Labute approximate surface area is 153 Å². The molecule has 0 unspecified atom stereocenters. The standard InChI is InChI=1S/C20H26N2O2S/c1-5-24-16-9-7-6-8-14(16)18(23)22-19-21-15-11-10-13(20(2,3)4)12-17(15)25-19/h6-9,13H,5,10-12H2,1-4H3,(H,21,22,23)/t13-/m0/s1. The number of aryl methyl sites for hydroxylation is 1. The third kappa shape index (κ3) is 4.03. The predicted octanol–water partition coefficient (Wildman–Crippen LogP) is 4.95. The Bertz CT molecular complexity index is 761. The van der Waals surface area contributed by atoms with Gasteiger partial charge in [-0.2, -0.15) is 0 Å². The number of anilines is 1. The summed E-state index contributed by atoms with van der Waals surface area (Å²) in [6, 6.07) is 7.32. The molecule has 4 nitrogen and oxygen atoms in total. The maximum Gasteiger partial charge on any atom is 0.261 e. The van der Waals surface area contributed by atoms with Crippen molar-refractivity contribution in [3.63, 3.8) is 0 Å².